The number of likely N-dealkylation sites (N-methyl/N-ethyl adjacent to an activating group) is 1. The van der Waals surface area contributed by atoms with Gasteiger partial charge in [-0.3, -0.25) is 4.79 Å². The lowest BCUT2D eigenvalue weighted by Gasteiger charge is -2.26. The Kier molecular flexibility index (Phi) is 13.4. The Morgan fingerprint density at radius 1 is 0.864 bits per heavy atom. The second kappa shape index (κ2) is 17.4. The van der Waals surface area contributed by atoms with Crippen molar-refractivity contribution in [3.05, 3.63) is 84.4 Å². The summed E-state index contributed by atoms with van der Waals surface area (Å²) in [5, 5.41) is 18.2. The summed E-state index contributed by atoms with van der Waals surface area (Å²) in [6.45, 7) is 2.81. The van der Waals surface area contributed by atoms with Gasteiger partial charge in [0, 0.05) is 35.7 Å². The Morgan fingerprint density at radius 2 is 1.50 bits per heavy atom. The number of amides is 1. The van der Waals surface area contributed by atoms with E-state index in [0.717, 1.165) is 47.2 Å². The molecule has 0 saturated carbocycles. The molecule has 1 heterocycles. The number of fused-ring (bicyclic) bond motifs is 1. The molecule has 3 aromatic rings. The fourth-order valence-corrected chi connectivity index (χ4v) is 5.14. The number of hydrogen-bond donors (Lipinski definition) is 3. The summed E-state index contributed by atoms with van der Waals surface area (Å²) >= 11 is 1.53. The predicted octanol–water partition coefficient (Wildman–Crippen LogP) is 4.98. The van der Waals surface area contributed by atoms with E-state index in [2.05, 4.69) is 17.3 Å². The molecule has 0 saturated heterocycles. The quantitative estimate of drug-likeness (QED) is 0.165. The van der Waals surface area contributed by atoms with Crippen LogP contribution in [0.25, 0.3) is 0 Å². The van der Waals surface area contributed by atoms with Crippen molar-refractivity contribution in [1.29, 1.82) is 0 Å². The van der Waals surface area contributed by atoms with E-state index in [1.807, 2.05) is 66.7 Å². The molecule has 12 heteroatoms. The highest BCUT2D eigenvalue weighted by atomic mass is 32.2. The van der Waals surface area contributed by atoms with Crippen molar-refractivity contribution in [3.63, 3.8) is 0 Å². The van der Waals surface area contributed by atoms with Crippen LogP contribution in [-0.2, 0) is 14.4 Å². The Bertz CT molecular complexity index is 1410. The van der Waals surface area contributed by atoms with E-state index in [1.165, 1.54) is 11.8 Å². The number of thioether (sulfide) groups is 1. The maximum Gasteiger partial charge on any atom is 0.328 e. The number of benzene rings is 3. The maximum absolute atomic E-state index is 12.9. The van der Waals surface area contributed by atoms with Gasteiger partial charge in [0.25, 0.3) is 0 Å². The van der Waals surface area contributed by atoms with E-state index in [1.54, 1.807) is 14.2 Å². The number of carbonyl (C=O) groups is 3. The zero-order chi connectivity index (χ0) is 31.9. The monoisotopic (exact) mass is 624 g/mol. The first-order valence-corrected chi connectivity index (χ1v) is 14.5. The van der Waals surface area contributed by atoms with Gasteiger partial charge < -0.3 is 39.4 Å². The van der Waals surface area contributed by atoms with Gasteiger partial charge in [0.15, 0.2) is 0 Å². The van der Waals surface area contributed by atoms with Crippen LogP contribution in [0.5, 0.6) is 23.0 Å². The summed E-state index contributed by atoms with van der Waals surface area (Å²) in [5.74, 6) is 0.460. The van der Waals surface area contributed by atoms with Gasteiger partial charge in [-0.25, -0.2) is 9.59 Å². The van der Waals surface area contributed by atoms with Crippen LogP contribution < -0.4 is 24.3 Å². The van der Waals surface area contributed by atoms with Crippen LogP contribution in [0.1, 0.15) is 17.2 Å². The van der Waals surface area contributed by atoms with E-state index in [4.69, 9.17) is 29.2 Å². The molecule has 4 rings (SSSR count). The standard InChI is InChI=1S/C28H32N2O5S.C4H4O4/c1-30(16-18-34-21-11-9-20(32-2)10-12-21)15-6-17-35-25-14-13-22(33-3)19-23(25)27-28(31)29-24-7-4-5-8-26(24)36-27;5-3(6)1-2-4(7)8/h4-5,7-14,19,27H,6,15-18H2,1-3H3,(H,29,31);1-2H,(H,5,6)(H,7,8). The zero-order valence-corrected chi connectivity index (χ0v) is 25.5. The first-order valence-electron chi connectivity index (χ1n) is 13.7. The molecular formula is C32H36N2O9S. The molecule has 0 aromatic heterocycles. The topological polar surface area (TPSA) is 144 Å². The lowest BCUT2D eigenvalue weighted by molar-refractivity contribution is -0.134. The average molecular weight is 625 g/mol. The number of carboxylic acid groups (broad SMARTS) is 2. The molecule has 1 atom stereocenters. The van der Waals surface area contributed by atoms with Crippen molar-refractivity contribution in [3.8, 4) is 23.0 Å². The van der Waals surface area contributed by atoms with Crippen molar-refractivity contribution in [2.75, 3.05) is 52.9 Å². The number of carbonyl (C=O) groups excluding carboxylic acids is 1. The van der Waals surface area contributed by atoms with Gasteiger partial charge >= 0.3 is 11.9 Å². The van der Waals surface area contributed by atoms with E-state index >= 15 is 0 Å². The largest absolute Gasteiger partial charge is 0.497 e. The average Bonchev–Trinajstić information content (AvgIpc) is 3.02. The molecule has 1 aliphatic rings. The Hall–Kier alpha value is -4.68. The third-order valence-electron chi connectivity index (χ3n) is 6.24. The number of anilines is 1. The molecule has 0 spiro atoms. The first kappa shape index (κ1) is 33.8. The van der Waals surface area contributed by atoms with Crippen LogP contribution in [0.4, 0.5) is 5.69 Å². The van der Waals surface area contributed by atoms with Crippen molar-refractivity contribution >= 4 is 35.3 Å². The zero-order valence-electron chi connectivity index (χ0n) is 24.7. The van der Waals surface area contributed by atoms with Crippen molar-refractivity contribution in [2.45, 2.75) is 16.6 Å². The predicted molar refractivity (Wildman–Crippen MR) is 167 cm³/mol. The SMILES string of the molecule is COc1ccc(OCCN(C)CCCOc2ccc(OC)cc2C2Sc3ccccc3NC2=O)cc1.O=C(O)C=CC(=O)O. The fraction of sp³-hybridized carbons (Fsp3) is 0.281. The van der Waals surface area contributed by atoms with Gasteiger partial charge in [-0.2, -0.15) is 0 Å². The van der Waals surface area contributed by atoms with Gasteiger partial charge in [0.2, 0.25) is 5.91 Å². The van der Waals surface area contributed by atoms with E-state index in [9.17, 15) is 14.4 Å². The van der Waals surface area contributed by atoms with E-state index in [0.29, 0.717) is 36.9 Å². The summed E-state index contributed by atoms with van der Waals surface area (Å²) in [5.41, 5.74) is 1.65. The lowest BCUT2D eigenvalue weighted by Crippen LogP contribution is -2.26. The highest BCUT2D eigenvalue weighted by molar-refractivity contribution is 8.00. The second-order valence-electron chi connectivity index (χ2n) is 9.43. The van der Waals surface area contributed by atoms with E-state index < -0.39 is 17.2 Å². The fourth-order valence-electron chi connectivity index (χ4n) is 4.01. The summed E-state index contributed by atoms with van der Waals surface area (Å²) < 4.78 is 22.6. The Balaban J connectivity index is 0.000000583. The van der Waals surface area contributed by atoms with Crippen molar-refractivity contribution in [2.24, 2.45) is 0 Å². The van der Waals surface area contributed by atoms with Gasteiger partial charge in [0.1, 0.15) is 34.9 Å². The second-order valence-corrected chi connectivity index (χ2v) is 10.6. The molecule has 3 N–H and O–H groups in total. The molecule has 1 amide bonds. The molecular weight excluding hydrogens is 588 g/mol. The van der Waals surface area contributed by atoms with Gasteiger partial charge in [-0.1, -0.05) is 12.1 Å². The molecule has 3 aromatic carbocycles. The molecule has 11 nitrogen and oxygen atoms in total. The molecule has 0 radical (unpaired) electrons. The minimum atomic E-state index is -1.26. The van der Waals surface area contributed by atoms with Crippen molar-refractivity contribution in [1.82, 2.24) is 4.90 Å². The summed E-state index contributed by atoms with van der Waals surface area (Å²) in [7, 11) is 5.34. The number of methoxy groups -OCH3 is 2. The van der Waals surface area contributed by atoms with Crippen LogP contribution in [0, 0.1) is 0 Å². The highest BCUT2D eigenvalue weighted by Gasteiger charge is 2.31. The minimum Gasteiger partial charge on any atom is -0.497 e. The summed E-state index contributed by atoms with van der Waals surface area (Å²) in [6.07, 6.45) is 1.96. The molecule has 1 aliphatic heterocycles. The van der Waals surface area contributed by atoms with Gasteiger partial charge in [0.05, 0.1) is 26.5 Å². The lowest BCUT2D eigenvalue weighted by atomic mass is 10.1. The molecule has 0 bridgehead atoms. The van der Waals surface area contributed by atoms with E-state index in [-0.39, 0.29) is 5.91 Å². The van der Waals surface area contributed by atoms with Crippen LogP contribution in [0.15, 0.2) is 83.8 Å². The normalized spacial score (nSPS) is 13.7. The molecule has 44 heavy (non-hydrogen) atoms. The number of aliphatic carboxylic acids is 2. The number of ether oxygens (including phenoxy) is 4. The van der Waals surface area contributed by atoms with Crippen LogP contribution in [0.3, 0.4) is 0 Å². The molecule has 1 unspecified atom stereocenters. The maximum atomic E-state index is 12.9. The number of rotatable bonds is 14. The minimum absolute atomic E-state index is 0.0617. The van der Waals surface area contributed by atoms with Gasteiger partial charge in [-0.15, -0.1) is 11.8 Å². The molecule has 0 aliphatic carbocycles. The number of hydrogen-bond acceptors (Lipinski definition) is 9. The highest BCUT2D eigenvalue weighted by Crippen LogP contribution is 2.46. The van der Waals surface area contributed by atoms with Crippen LogP contribution >= 0.6 is 11.8 Å². The third kappa shape index (κ3) is 10.9. The number of nitrogens with zero attached hydrogens (tertiary/aromatic N) is 1. The third-order valence-corrected chi connectivity index (χ3v) is 7.55. The first-order chi connectivity index (χ1) is 21.2. The smallest absolute Gasteiger partial charge is 0.328 e. The van der Waals surface area contributed by atoms with Crippen LogP contribution in [0.2, 0.25) is 0 Å². The number of carboxylic acids is 2. The summed E-state index contributed by atoms with van der Waals surface area (Å²) in [4.78, 5) is 35.3. The summed E-state index contributed by atoms with van der Waals surface area (Å²) in [6, 6.07) is 21.0. The number of nitrogens with one attached hydrogen (secondary N) is 1. The Labute approximate surface area is 260 Å². The van der Waals surface area contributed by atoms with Crippen molar-refractivity contribution < 1.29 is 43.5 Å². The Morgan fingerprint density at radius 3 is 2.16 bits per heavy atom. The number of para-hydroxylation sites is 1. The van der Waals surface area contributed by atoms with Crippen LogP contribution in [-0.4, -0.2) is 80.5 Å². The molecule has 0 fully saturated rings. The molecule has 234 valence electrons. The van der Waals surface area contributed by atoms with Gasteiger partial charge in [-0.05, 0) is 68.1 Å².